The van der Waals surface area contributed by atoms with Crippen molar-refractivity contribution in [2.75, 3.05) is 13.1 Å². The van der Waals surface area contributed by atoms with Crippen molar-refractivity contribution >= 4 is 10.1 Å². The second-order valence-electron chi connectivity index (χ2n) is 3.09. The second kappa shape index (κ2) is 3.72. The molecule has 0 aromatic rings. The van der Waals surface area contributed by atoms with Crippen molar-refractivity contribution < 1.29 is 13.0 Å². The number of hydrogen-bond acceptors (Lipinski definition) is 3. The first kappa shape index (κ1) is 11.9. The summed E-state index contributed by atoms with van der Waals surface area (Å²) in [6.45, 7) is 7.91. The Balaban J connectivity index is 4.83. The molecule has 0 spiro atoms. The number of nitrogens with zero attached hydrogens (tertiary/aromatic N) is 1. The smallest absolute Gasteiger partial charge is 0.283 e. The Morgan fingerprint density at radius 3 is 1.67 bits per heavy atom. The topological polar surface area (TPSA) is 57.6 Å². The maximum atomic E-state index is 10.9. The summed E-state index contributed by atoms with van der Waals surface area (Å²) in [6.07, 6.45) is 0. The van der Waals surface area contributed by atoms with E-state index in [0.717, 1.165) is 0 Å². The lowest BCUT2D eigenvalue weighted by Crippen LogP contribution is -2.49. The first-order valence-electron chi connectivity index (χ1n) is 3.99. The first-order valence-corrected chi connectivity index (χ1v) is 5.43. The highest BCUT2D eigenvalue weighted by Crippen LogP contribution is 2.19. The summed E-state index contributed by atoms with van der Waals surface area (Å²) in [5.41, 5.74) is 0. The van der Waals surface area contributed by atoms with Crippen molar-refractivity contribution in [1.29, 1.82) is 0 Å². The third-order valence-corrected chi connectivity index (χ3v) is 3.68. The van der Waals surface area contributed by atoms with E-state index in [1.165, 1.54) is 13.8 Å². The molecular formula is C7H17NO3S. The van der Waals surface area contributed by atoms with E-state index in [1.807, 2.05) is 13.8 Å². The van der Waals surface area contributed by atoms with Gasteiger partial charge in [-0.3, -0.25) is 9.45 Å². The van der Waals surface area contributed by atoms with Crippen LogP contribution in [0.3, 0.4) is 0 Å². The van der Waals surface area contributed by atoms with E-state index < -0.39 is 15.0 Å². The molecular weight excluding hydrogens is 178 g/mol. The molecule has 0 radical (unpaired) electrons. The Bertz CT molecular complexity index is 229. The van der Waals surface area contributed by atoms with Gasteiger partial charge < -0.3 is 0 Å². The van der Waals surface area contributed by atoms with Crippen LogP contribution in [0.15, 0.2) is 0 Å². The highest BCUT2D eigenvalue weighted by Gasteiger charge is 2.37. The van der Waals surface area contributed by atoms with Crippen molar-refractivity contribution in [1.82, 2.24) is 4.90 Å². The largest absolute Gasteiger partial charge is 0.284 e. The molecule has 0 bridgehead atoms. The molecule has 0 unspecified atom stereocenters. The second-order valence-corrected chi connectivity index (χ2v) is 5.04. The minimum absolute atomic E-state index is 0.600. The van der Waals surface area contributed by atoms with Crippen LogP contribution in [0, 0.1) is 0 Å². The van der Waals surface area contributed by atoms with Crippen LogP contribution in [-0.2, 0) is 10.1 Å². The molecule has 0 heterocycles. The molecule has 4 nitrogen and oxygen atoms in total. The van der Waals surface area contributed by atoms with E-state index in [4.69, 9.17) is 4.55 Å². The first-order chi connectivity index (χ1) is 5.27. The fourth-order valence-corrected chi connectivity index (χ4v) is 1.73. The monoisotopic (exact) mass is 195 g/mol. The van der Waals surface area contributed by atoms with Crippen LogP contribution in [0.5, 0.6) is 0 Å². The molecule has 0 fully saturated rings. The average molecular weight is 195 g/mol. The Labute approximate surface area is 74.3 Å². The Morgan fingerprint density at radius 1 is 1.25 bits per heavy atom. The standard InChI is InChI=1S/C7H17NO3S/c1-5-8(6-2)7(3,4)12(9,10)11/h5-6H2,1-4H3,(H,9,10,11). The van der Waals surface area contributed by atoms with E-state index in [0.29, 0.717) is 13.1 Å². The van der Waals surface area contributed by atoms with Gasteiger partial charge in [0.1, 0.15) is 4.87 Å². The summed E-state index contributed by atoms with van der Waals surface area (Å²) in [4.78, 5) is 0.499. The summed E-state index contributed by atoms with van der Waals surface area (Å²) in [7, 11) is -4.00. The molecule has 0 saturated carbocycles. The lowest BCUT2D eigenvalue weighted by Gasteiger charge is -2.33. The Morgan fingerprint density at radius 2 is 1.58 bits per heavy atom. The molecule has 0 aliphatic rings. The van der Waals surface area contributed by atoms with Gasteiger partial charge in [0.25, 0.3) is 10.1 Å². The maximum absolute atomic E-state index is 10.9. The molecule has 0 atom stereocenters. The normalized spacial score (nSPS) is 13.8. The SMILES string of the molecule is CCN(CC)C(C)(C)S(=O)(=O)O. The van der Waals surface area contributed by atoms with Crippen LogP contribution in [-0.4, -0.2) is 35.8 Å². The summed E-state index contributed by atoms with van der Waals surface area (Å²) in [5, 5.41) is 0. The predicted molar refractivity (Wildman–Crippen MR) is 48.5 cm³/mol. The minimum atomic E-state index is -4.00. The molecule has 0 amide bonds. The zero-order valence-corrected chi connectivity index (χ0v) is 8.85. The molecule has 0 saturated heterocycles. The van der Waals surface area contributed by atoms with Crippen molar-refractivity contribution in [3.05, 3.63) is 0 Å². The van der Waals surface area contributed by atoms with E-state index in [9.17, 15) is 8.42 Å². The predicted octanol–water partition coefficient (Wildman–Crippen LogP) is 0.952. The molecule has 5 heteroatoms. The van der Waals surface area contributed by atoms with Gasteiger partial charge in [-0.15, -0.1) is 0 Å². The van der Waals surface area contributed by atoms with Crippen molar-refractivity contribution in [2.24, 2.45) is 0 Å². The number of hydrogen-bond donors (Lipinski definition) is 1. The highest BCUT2D eigenvalue weighted by molar-refractivity contribution is 7.87. The Kier molecular flexibility index (Phi) is 3.68. The van der Waals surface area contributed by atoms with Crippen molar-refractivity contribution in [3.63, 3.8) is 0 Å². The third kappa shape index (κ3) is 2.18. The van der Waals surface area contributed by atoms with Crippen molar-refractivity contribution in [2.45, 2.75) is 32.6 Å². The van der Waals surface area contributed by atoms with Gasteiger partial charge in [-0.2, -0.15) is 8.42 Å². The minimum Gasteiger partial charge on any atom is -0.284 e. The van der Waals surface area contributed by atoms with Crippen LogP contribution in [0.1, 0.15) is 27.7 Å². The molecule has 74 valence electrons. The lowest BCUT2D eigenvalue weighted by molar-refractivity contribution is 0.194. The van der Waals surface area contributed by atoms with Gasteiger partial charge >= 0.3 is 0 Å². The summed E-state index contributed by atoms with van der Waals surface area (Å²) >= 11 is 0. The molecule has 0 aliphatic heterocycles. The fourth-order valence-electron chi connectivity index (χ4n) is 1.15. The van der Waals surface area contributed by atoms with Crippen LogP contribution >= 0.6 is 0 Å². The van der Waals surface area contributed by atoms with Gasteiger partial charge in [-0.25, -0.2) is 0 Å². The van der Waals surface area contributed by atoms with Crippen molar-refractivity contribution in [3.8, 4) is 0 Å². The zero-order chi connectivity index (χ0) is 9.99. The molecule has 0 aromatic carbocycles. The zero-order valence-electron chi connectivity index (χ0n) is 8.03. The Hall–Kier alpha value is -0.130. The highest BCUT2D eigenvalue weighted by atomic mass is 32.2. The molecule has 0 rings (SSSR count). The van der Waals surface area contributed by atoms with Crippen LogP contribution in [0.2, 0.25) is 0 Å². The third-order valence-electron chi connectivity index (χ3n) is 2.16. The maximum Gasteiger partial charge on any atom is 0.283 e. The van der Waals surface area contributed by atoms with E-state index in [-0.39, 0.29) is 0 Å². The molecule has 1 N–H and O–H groups in total. The van der Waals surface area contributed by atoms with Gasteiger partial charge in [0, 0.05) is 0 Å². The fraction of sp³-hybridized carbons (Fsp3) is 1.00. The molecule has 0 aliphatic carbocycles. The summed E-state index contributed by atoms with van der Waals surface area (Å²) in [6, 6.07) is 0. The van der Waals surface area contributed by atoms with Crippen LogP contribution in [0.25, 0.3) is 0 Å². The van der Waals surface area contributed by atoms with Crippen LogP contribution in [0.4, 0.5) is 0 Å². The lowest BCUT2D eigenvalue weighted by atomic mass is 10.3. The van der Waals surface area contributed by atoms with Gasteiger partial charge in [-0.05, 0) is 26.9 Å². The molecule has 12 heavy (non-hydrogen) atoms. The van der Waals surface area contributed by atoms with Gasteiger partial charge in [0.05, 0.1) is 0 Å². The summed E-state index contributed by atoms with van der Waals surface area (Å²) < 4.78 is 30.8. The van der Waals surface area contributed by atoms with E-state index in [2.05, 4.69) is 0 Å². The summed E-state index contributed by atoms with van der Waals surface area (Å²) in [5.74, 6) is 0. The van der Waals surface area contributed by atoms with E-state index >= 15 is 0 Å². The quantitative estimate of drug-likeness (QED) is 0.679. The van der Waals surface area contributed by atoms with E-state index in [1.54, 1.807) is 4.90 Å². The number of rotatable bonds is 4. The van der Waals surface area contributed by atoms with Gasteiger partial charge in [-0.1, -0.05) is 13.8 Å². The average Bonchev–Trinajstić information content (AvgIpc) is 1.87. The van der Waals surface area contributed by atoms with Crippen LogP contribution < -0.4 is 0 Å². The van der Waals surface area contributed by atoms with Gasteiger partial charge in [0.2, 0.25) is 0 Å². The van der Waals surface area contributed by atoms with Gasteiger partial charge in [0.15, 0.2) is 0 Å². The molecule has 0 aromatic heterocycles.